The molecule has 4 heteroatoms. The highest BCUT2D eigenvalue weighted by molar-refractivity contribution is 5.87. The first-order chi connectivity index (χ1) is 14.2. The van der Waals surface area contributed by atoms with E-state index in [0.29, 0.717) is 11.5 Å². The molecule has 0 bridgehead atoms. The number of carbonyl (C=O) groups excluding carboxylic acids is 1. The normalized spacial score (nSPS) is 11.4. The van der Waals surface area contributed by atoms with Crippen LogP contribution in [0.2, 0.25) is 0 Å². The zero-order valence-corrected chi connectivity index (χ0v) is 16.5. The van der Waals surface area contributed by atoms with E-state index in [1.807, 2.05) is 72.8 Å². The number of hydrogen-bond donors (Lipinski definition) is 1. The number of ether oxygens (including phenoxy) is 1. The predicted octanol–water partition coefficient (Wildman–Crippen LogP) is 6.10. The lowest BCUT2D eigenvalue weighted by atomic mass is 9.98. The standard InChI is InChI=1S/C25H25NO3/c1-2-3-4-8-18-24(23-17-11-15-21-14-9-10-16-22(21)23)26(28)25(27)29-19-20-12-6-5-7-13-20/h5-7,9-17,24,28H,2-4,19H2,1H3. The van der Waals surface area contributed by atoms with Crippen molar-refractivity contribution < 1.29 is 14.7 Å². The monoisotopic (exact) mass is 387 g/mol. The lowest BCUT2D eigenvalue weighted by Crippen LogP contribution is -2.32. The summed E-state index contributed by atoms with van der Waals surface area (Å²) in [6.45, 7) is 2.19. The van der Waals surface area contributed by atoms with Crippen molar-refractivity contribution in [1.82, 2.24) is 5.06 Å². The van der Waals surface area contributed by atoms with Crippen LogP contribution in [-0.2, 0) is 11.3 Å². The van der Waals surface area contributed by atoms with Crippen molar-refractivity contribution in [3.05, 3.63) is 83.9 Å². The minimum atomic E-state index is -0.823. The van der Waals surface area contributed by atoms with Crippen LogP contribution in [-0.4, -0.2) is 16.4 Å². The second-order valence-corrected chi connectivity index (χ2v) is 6.78. The second-order valence-electron chi connectivity index (χ2n) is 6.78. The Balaban J connectivity index is 1.85. The number of benzene rings is 3. The maximum Gasteiger partial charge on any atom is 0.435 e. The average Bonchev–Trinajstić information content (AvgIpc) is 2.77. The van der Waals surface area contributed by atoms with E-state index in [4.69, 9.17) is 4.74 Å². The average molecular weight is 387 g/mol. The molecule has 3 aromatic carbocycles. The summed E-state index contributed by atoms with van der Waals surface area (Å²) < 4.78 is 5.30. The van der Waals surface area contributed by atoms with Gasteiger partial charge in [-0.2, -0.15) is 5.06 Å². The van der Waals surface area contributed by atoms with Crippen molar-refractivity contribution in [3.63, 3.8) is 0 Å². The Morgan fingerprint density at radius 1 is 1.03 bits per heavy atom. The van der Waals surface area contributed by atoms with Gasteiger partial charge in [-0.15, -0.1) is 5.92 Å². The molecule has 1 amide bonds. The minimum Gasteiger partial charge on any atom is -0.443 e. The molecule has 1 atom stereocenters. The van der Waals surface area contributed by atoms with Crippen LogP contribution in [0.5, 0.6) is 0 Å². The topological polar surface area (TPSA) is 49.8 Å². The van der Waals surface area contributed by atoms with Crippen molar-refractivity contribution in [1.29, 1.82) is 0 Å². The zero-order valence-electron chi connectivity index (χ0n) is 16.5. The van der Waals surface area contributed by atoms with Crippen LogP contribution in [0.3, 0.4) is 0 Å². The van der Waals surface area contributed by atoms with E-state index in [1.54, 1.807) is 0 Å². The highest BCUT2D eigenvalue weighted by Gasteiger charge is 2.25. The Kier molecular flexibility index (Phi) is 7.27. The fraction of sp³-hybridized carbons (Fsp3) is 0.240. The Labute approximate surface area is 171 Å². The summed E-state index contributed by atoms with van der Waals surface area (Å²) in [6.07, 6.45) is 1.90. The number of hydrogen-bond acceptors (Lipinski definition) is 3. The van der Waals surface area contributed by atoms with Gasteiger partial charge in [0.1, 0.15) is 12.6 Å². The summed E-state index contributed by atoms with van der Waals surface area (Å²) in [7, 11) is 0. The van der Waals surface area contributed by atoms with Crippen molar-refractivity contribution in [2.45, 2.75) is 38.8 Å². The smallest absolute Gasteiger partial charge is 0.435 e. The summed E-state index contributed by atoms with van der Waals surface area (Å²) >= 11 is 0. The summed E-state index contributed by atoms with van der Waals surface area (Å²) in [4.78, 5) is 12.5. The summed E-state index contributed by atoms with van der Waals surface area (Å²) in [6, 6.07) is 22.2. The van der Waals surface area contributed by atoms with Crippen LogP contribution in [0, 0.1) is 11.8 Å². The molecule has 0 radical (unpaired) electrons. The van der Waals surface area contributed by atoms with Crippen LogP contribution in [0.4, 0.5) is 4.79 Å². The van der Waals surface area contributed by atoms with Crippen molar-refractivity contribution in [2.24, 2.45) is 0 Å². The molecule has 4 nitrogen and oxygen atoms in total. The van der Waals surface area contributed by atoms with Crippen LogP contribution in [0.1, 0.15) is 43.4 Å². The number of fused-ring (bicyclic) bond motifs is 1. The van der Waals surface area contributed by atoms with Crippen molar-refractivity contribution in [2.75, 3.05) is 0 Å². The van der Waals surface area contributed by atoms with Gasteiger partial charge in [-0.05, 0) is 28.3 Å². The van der Waals surface area contributed by atoms with Crippen molar-refractivity contribution >= 4 is 16.9 Å². The number of amides is 1. The number of nitrogens with zero attached hydrogens (tertiary/aromatic N) is 1. The Bertz CT molecular complexity index is 999. The maximum atomic E-state index is 12.5. The fourth-order valence-corrected chi connectivity index (χ4v) is 3.08. The van der Waals surface area contributed by atoms with Crippen LogP contribution in [0.15, 0.2) is 72.8 Å². The molecule has 0 spiro atoms. The van der Waals surface area contributed by atoms with Gasteiger partial charge in [-0.25, -0.2) is 4.79 Å². The molecule has 0 aliphatic heterocycles. The summed E-state index contributed by atoms with van der Waals surface area (Å²) in [5.74, 6) is 6.17. The van der Waals surface area contributed by atoms with E-state index in [0.717, 1.165) is 34.7 Å². The molecule has 0 aliphatic rings. The molecule has 1 unspecified atom stereocenters. The molecule has 1 N–H and O–H groups in total. The van der Waals surface area contributed by atoms with Gasteiger partial charge in [0.2, 0.25) is 0 Å². The molecule has 0 saturated heterocycles. The van der Waals surface area contributed by atoms with Crippen LogP contribution < -0.4 is 0 Å². The molecule has 3 aromatic rings. The number of carbonyl (C=O) groups is 1. The molecule has 0 fully saturated rings. The summed E-state index contributed by atoms with van der Waals surface area (Å²) in [5.41, 5.74) is 1.62. The van der Waals surface area contributed by atoms with E-state index in [9.17, 15) is 10.0 Å². The molecular formula is C25H25NO3. The molecule has 0 saturated carbocycles. The molecule has 3 rings (SSSR count). The van der Waals surface area contributed by atoms with Gasteiger partial charge in [0, 0.05) is 6.42 Å². The first kappa shape index (κ1) is 20.4. The molecule has 0 aliphatic carbocycles. The molecular weight excluding hydrogens is 362 g/mol. The Morgan fingerprint density at radius 2 is 1.76 bits per heavy atom. The minimum absolute atomic E-state index is 0.0856. The Morgan fingerprint density at radius 3 is 2.55 bits per heavy atom. The van der Waals surface area contributed by atoms with Crippen LogP contribution in [0.25, 0.3) is 10.8 Å². The third-order valence-corrected chi connectivity index (χ3v) is 4.65. The molecule has 0 aromatic heterocycles. The zero-order chi connectivity index (χ0) is 20.5. The highest BCUT2D eigenvalue weighted by Crippen LogP contribution is 2.28. The lowest BCUT2D eigenvalue weighted by molar-refractivity contribution is -0.0932. The lowest BCUT2D eigenvalue weighted by Gasteiger charge is -2.23. The molecule has 0 heterocycles. The number of unbranched alkanes of at least 4 members (excludes halogenated alkanes) is 2. The van der Waals surface area contributed by atoms with E-state index in [1.165, 1.54) is 0 Å². The van der Waals surface area contributed by atoms with Gasteiger partial charge in [-0.3, -0.25) is 5.21 Å². The molecule has 148 valence electrons. The first-order valence-corrected chi connectivity index (χ1v) is 9.85. The predicted molar refractivity (Wildman–Crippen MR) is 114 cm³/mol. The third-order valence-electron chi connectivity index (χ3n) is 4.65. The molecule has 29 heavy (non-hydrogen) atoms. The van der Waals surface area contributed by atoms with Gasteiger partial charge < -0.3 is 4.74 Å². The van der Waals surface area contributed by atoms with E-state index >= 15 is 0 Å². The number of rotatable bonds is 6. The summed E-state index contributed by atoms with van der Waals surface area (Å²) in [5, 5.41) is 13.3. The van der Waals surface area contributed by atoms with E-state index < -0.39 is 12.1 Å². The van der Waals surface area contributed by atoms with Crippen LogP contribution >= 0.6 is 0 Å². The van der Waals surface area contributed by atoms with E-state index in [-0.39, 0.29) is 6.61 Å². The Hall–Kier alpha value is -3.29. The van der Waals surface area contributed by atoms with E-state index in [2.05, 4.69) is 18.8 Å². The van der Waals surface area contributed by atoms with Gasteiger partial charge in [0.05, 0.1) is 0 Å². The SMILES string of the molecule is CCCCC#CC(c1cccc2ccccc12)N(O)C(=O)OCc1ccccc1. The second kappa shape index (κ2) is 10.3. The fourth-order valence-electron chi connectivity index (χ4n) is 3.08. The number of hydroxylamine groups is 2. The van der Waals surface area contributed by atoms with Gasteiger partial charge in [0.15, 0.2) is 0 Å². The van der Waals surface area contributed by atoms with Gasteiger partial charge >= 0.3 is 6.09 Å². The first-order valence-electron chi connectivity index (χ1n) is 9.85. The quantitative estimate of drug-likeness (QED) is 0.240. The maximum absolute atomic E-state index is 12.5. The highest BCUT2D eigenvalue weighted by atomic mass is 16.6. The third kappa shape index (κ3) is 5.37. The largest absolute Gasteiger partial charge is 0.443 e. The van der Waals surface area contributed by atoms with Gasteiger partial charge in [0.25, 0.3) is 0 Å². The van der Waals surface area contributed by atoms with Crippen molar-refractivity contribution in [3.8, 4) is 11.8 Å². The van der Waals surface area contributed by atoms with Gasteiger partial charge in [-0.1, -0.05) is 92.1 Å².